The number of carbonyl (C=O) groups excluding carboxylic acids is 5. The van der Waals surface area contributed by atoms with Crippen molar-refractivity contribution in [2.45, 2.75) is 34.6 Å². The van der Waals surface area contributed by atoms with Gasteiger partial charge >= 0.3 is 23.9 Å². The summed E-state index contributed by atoms with van der Waals surface area (Å²) in [6, 6.07) is 17.8. The molecule has 0 bridgehead atoms. The van der Waals surface area contributed by atoms with Crippen LogP contribution in [0.1, 0.15) is 54.2 Å². The molecule has 0 saturated carbocycles. The highest BCUT2D eigenvalue weighted by Crippen LogP contribution is 2.18. The molecule has 0 unspecified atom stereocenters. The molecule has 0 aliphatic heterocycles. The van der Waals surface area contributed by atoms with Gasteiger partial charge in [-0.25, -0.2) is 14.6 Å². The molecule has 0 radical (unpaired) electrons. The van der Waals surface area contributed by atoms with Crippen LogP contribution in [-0.2, 0) is 33.3 Å². The van der Waals surface area contributed by atoms with Crippen LogP contribution in [0.4, 0.5) is 0 Å². The highest BCUT2D eigenvalue weighted by Gasteiger charge is 2.15. The number of ether oxygens (including phenoxy) is 4. The van der Waals surface area contributed by atoms with E-state index >= 15 is 0 Å². The van der Waals surface area contributed by atoms with Crippen molar-refractivity contribution in [1.29, 1.82) is 0 Å². The second kappa shape index (κ2) is 17.3. The molecule has 2 heterocycles. The third-order valence-electron chi connectivity index (χ3n) is 5.12. The van der Waals surface area contributed by atoms with Gasteiger partial charge in [0.1, 0.15) is 11.6 Å². The topological polar surface area (TPSA) is 145 Å². The van der Waals surface area contributed by atoms with Crippen LogP contribution in [0.25, 0.3) is 11.4 Å². The normalized spacial score (nSPS) is 9.70. The standard InChI is InChI=1S/C14H14N2O4.C14H13NO4.C3H6O/c1-10-15-7-8-16(10)13-6-4-3-5-12(13)14(18)20-9-19-11(2)17;1-11(16)18-10-19-14(17)12-6-2-3-7-13(12)15-8-4-5-9-15;1-3(2)4/h3-8H,9H2,1-2H3;2-9H,10H2,1H3;1-2H3. The van der Waals surface area contributed by atoms with Crippen LogP contribution in [0.2, 0.25) is 0 Å². The molecule has 0 aliphatic carbocycles. The third kappa shape index (κ3) is 11.5. The van der Waals surface area contributed by atoms with Gasteiger partial charge in [0, 0.05) is 38.6 Å². The fourth-order valence-corrected chi connectivity index (χ4v) is 3.34. The number of carbonyl (C=O) groups is 5. The zero-order valence-electron chi connectivity index (χ0n) is 24.5. The molecule has 0 atom stereocenters. The van der Waals surface area contributed by atoms with Crippen LogP contribution >= 0.6 is 0 Å². The third-order valence-corrected chi connectivity index (χ3v) is 5.12. The second-order valence-electron chi connectivity index (χ2n) is 8.75. The first kappa shape index (κ1) is 33.7. The van der Waals surface area contributed by atoms with Crippen LogP contribution < -0.4 is 0 Å². The van der Waals surface area contributed by atoms with E-state index in [4.69, 9.17) is 9.47 Å². The molecule has 0 spiro atoms. The number of benzene rings is 2. The monoisotopic (exact) mass is 591 g/mol. The van der Waals surface area contributed by atoms with Crippen molar-refractivity contribution in [3.8, 4) is 11.4 Å². The summed E-state index contributed by atoms with van der Waals surface area (Å²) in [4.78, 5) is 58.7. The molecule has 226 valence electrons. The van der Waals surface area contributed by atoms with Gasteiger partial charge in [0.2, 0.25) is 13.6 Å². The van der Waals surface area contributed by atoms with Crippen molar-refractivity contribution in [1.82, 2.24) is 14.1 Å². The Morgan fingerprint density at radius 3 is 1.51 bits per heavy atom. The lowest BCUT2D eigenvalue weighted by Gasteiger charge is -2.11. The van der Waals surface area contributed by atoms with E-state index in [1.54, 1.807) is 47.3 Å². The van der Waals surface area contributed by atoms with Crippen molar-refractivity contribution in [3.05, 3.63) is 102 Å². The zero-order chi connectivity index (χ0) is 31.8. The number of imidazole rings is 1. The molecule has 4 aromatic rings. The van der Waals surface area contributed by atoms with Crippen LogP contribution in [0.5, 0.6) is 0 Å². The quantitative estimate of drug-likeness (QED) is 0.210. The molecular weight excluding hydrogens is 558 g/mol. The molecule has 0 aliphatic rings. The number of aromatic nitrogens is 3. The number of esters is 4. The Morgan fingerprint density at radius 1 is 0.628 bits per heavy atom. The summed E-state index contributed by atoms with van der Waals surface area (Å²) >= 11 is 0. The lowest BCUT2D eigenvalue weighted by Crippen LogP contribution is -2.13. The lowest BCUT2D eigenvalue weighted by atomic mass is 10.2. The van der Waals surface area contributed by atoms with Crippen molar-refractivity contribution in [2.24, 2.45) is 0 Å². The van der Waals surface area contributed by atoms with Gasteiger partial charge in [-0.2, -0.15) is 0 Å². The van der Waals surface area contributed by atoms with E-state index in [1.807, 2.05) is 54.2 Å². The summed E-state index contributed by atoms with van der Waals surface area (Å²) in [6.07, 6.45) is 7.07. The van der Waals surface area contributed by atoms with Gasteiger partial charge in [0.05, 0.1) is 22.5 Å². The van der Waals surface area contributed by atoms with E-state index in [-0.39, 0.29) is 12.6 Å². The van der Waals surface area contributed by atoms with Crippen LogP contribution in [-0.4, -0.2) is 57.4 Å². The Hall–Kier alpha value is -5.52. The van der Waals surface area contributed by atoms with Crippen LogP contribution in [0.15, 0.2) is 85.5 Å². The maximum absolute atomic E-state index is 12.0. The van der Waals surface area contributed by atoms with E-state index in [1.165, 1.54) is 27.7 Å². The molecular formula is C31H33N3O9. The largest absolute Gasteiger partial charge is 0.428 e. The summed E-state index contributed by atoms with van der Waals surface area (Å²) in [5.74, 6) is -1.17. The Bertz CT molecular complexity index is 1520. The molecule has 0 N–H and O–H groups in total. The Kier molecular flexibility index (Phi) is 13.6. The average Bonchev–Trinajstić information content (AvgIpc) is 3.65. The van der Waals surface area contributed by atoms with E-state index < -0.39 is 30.7 Å². The highest BCUT2D eigenvalue weighted by atomic mass is 16.7. The zero-order valence-corrected chi connectivity index (χ0v) is 24.5. The van der Waals surface area contributed by atoms with E-state index in [9.17, 15) is 24.0 Å². The first-order chi connectivity index (χ1) is 20.5. The van der Waals surface area contributed by atoms with Gasteiger partial charge in [0.25, 0.3) is 0 Å². The maximum atomic E-state index is 12.0. The van der Waals surface area contributed by atoms with Gasteiger partial charge in [-0.3, -0.25) is 9.59 Å². The number of hydrogen-bond donors (Lipinski definition) is 0. The molecule has 2 aromatic carbocycles. The molecule has 0 amide bonds. The van der Waals surface area contributed by atoms with Crippen molar-refractivity contribution in [2.75, 3.05) is 13.6 Å². The smallest absolute Gasteiger partial charge is 0.343 e. The predicted octanol–water partition coefficient (Wildman–Crippen LogP) is 4.61. The number of hydrogen-bond acceptors (Lipinski definition) is 10. The van der Waals surface area contributed by atoms with Crippen molar-refractivity contribution >= 4 is 29.7 Å². The fourth-order valence-electron chi connectivity index (χ4n) is 3.34. The first-order valence-electron chi connectivity index (χ1n) is 12.9. The lowest BCUT2D eigenvalue weighted by molar-refractivity contribution is -0.150. The first-order valence-corrected chi connectivity index (χ1v) is 12.9. The number of ketones is 1. The average molecular weight is 592 g/mol. The molecule has 43 heavy (non-hydrogen) atoms. The maximum Gasteiger partial charge on any atom is 0.343 e. The van der Waals surface area contributed by atoms with Crippen molar-refractivity contribution < 1.29 is 42.9 Å². The van der Waals surface area contributed by atoms with E-state index in [2.05, 4.69) is 14.5 Å². The minimum atomic E-state index is -0.560. The number of Topliss-reactive ketones (excluding diaryl/α,β-unsaturated/α-hetero) is 1. The highest BCUT2D eigenvalue weighted by molar-refractivity contribution is 5.94. The number of para-hydroxylation sites is 2. The van der Waals surface area contributed by atoms with Gasteiger partial charge < -0.3 is 32.9 Å². The number of rotatable bonds is 8. The minimum Gasteiger partial charge on any atom is -0.428 e. The Morgan fingerprint density at radius 2 is 1.07 bits per heavy atom. The molecule has 4 rings (SSSR count). The summed E-state index contributed by atoms with van der Waals surface area (Å²) in [5, 5.41) is 0. The summed E-state index contributed by atoms with van der Waals surface area (Å²) in [6.45, 7) is 6.61. The van der Waals surface area contributed by atoms with Crippen molar-refractivity contribution in [3.63, 3.8) is 0 Å². The summed E-state index contributed by atoms with van der Waals surface area (Å²) < 4.78 is 22.5. The fraction of sp³-hybridized carbons (Fsp3) is 0.226. The molecule has 12 heteroatoms. The molecule has 0 saturated heterocycles. The Balaban J connectivity index is 0.000000267. The van der Waals surface area contributed by atoms with E-state index in [0.29, 0.717) is 22.5 Å². The van der Waals surface area contributed by atoms with Gasteiger partial charge in [-0.05, 0) is 57.2 Å². The Labute approximate surface area is 248 Å². The minimum absolute atomic E-state index is 0.167. The number of aryl methyl sites for hydroxylation is 1. The second-order valence-corrected chi connectivity index (χ2v) is 8.75. The SMILES string of the molecule is CC(=O)OCOC(=O)c1ccccc1-n1cccc1.CC(=O)OCOC(=O)c1ccccc1-n1ccnc1C.CC(C)=O. The molecule has 0 fully saturated rings. The van der Waals surface area contributed by atoms with Gasteiger partial charge in [0.15, 0.2) is 0 Å². The van der Waals surface area contributed by atoms with Crippen LogP contribution in [0, 0.1) is 6.92 Å². The van der Waals surface area contributed by atoms with Crippen LogP contribution in [0.3, 0.4) is 0 Å². The summed E-state index contributed by atoms with van der Waals surface area (Å²) in [5.41, 5.74) is 2.15. The van der Waals surface area contributed by atoms with Gasteiger partial charge in [-0.1, -0.05) is 24.3 Å². The van der Waals surface area contributed by atoms with Gasteiger partial charge in [-0.15, -0.1) is 0 Å². The van der Waals surface area contributed by atoms with E-state index in [0.717, 1.165) is 5.82 Å². The molecule has 2 aromatic heterocycles. The summed E-state index contributed by atoms with van der Waals surface area (Å²) in [7, 11) is 0. The number of nitrogens with zero attached hydrogens (tertiary/aromatic N) is 3. The predicted molar refractivity (Wildman–Crippen MR) is 155 cm³/mol. The molecule has 12 nitrogen and oxygen atoms in total.